The molecule has 1 rings (SSSR count). The van der Waals surface area contributed by atoms with Crippen molar-refractivity contribution in [3.05, 3.63) is 17.5 Å². The number of amides is 1. The summed E-state index contributed by atoms with van der Waals surface area (Å²) in [4.78, 5) is 12.0. The van der Waals surface area contributed by atoms with Crippen LogP contribution in [0.1, 0.15) is 56.2 Å². The fourth-order valence-electron chi connectivity index (χ4n) is 1.74. The Hall–Kier alpha value is -1.36. The molecule has 1 unspecified atom stereocenters. The minimum Gasteiger partial charge on any atom is -0.393 e. The van der Waals surface area contributed by atoms with E-state index in [0.717, 1.165) is 5.69 Å². The second-order valence-corrected chi connectivity index (χ2v) is 5.59. The molecular formula is C14H25N3O2. The van der Waals surface area contributed by atoms with Gasteiger partial charge < -0.3 is 10.4 Å². The van der Waals surface area contributed by atoms with Crippen molar-refractivity contribution in [1.29, 1.82) is 0 Å². The molecule has 2 N–H and O–H groups in total. The second-order valence-electron chi connectivity index (χ2n) is 5.59. The molecule has 1 aromatic heterocycles. The van der Waals surface area contributed by atoms with Crippen molar-refractivity contribution in [2.45, 2.75) is 46.1 Å². The number of aliphatic hydroxyl groups excluding tert-OH is 1. The highest BCUT2D eigenvalue weighted by Crippen LogP contribution is 2.13. The summed E-state index contributed by atoms with van der Waals surface area (Å²) in [6, 6.07) is 1.82. The van der Waals surface area contributed by atoms with Crippen molar-refractivity contribution in [1.82, 2.24) is 15.1 Å². The smallest absolute Gasteiger partial charge is 0.269 e. The number of hydrogen-bond donors (Lipinski definition) is 2. The van der Waals surface area contributed by atoms with Gasteiger partial charge in [-0.15, -0.1) is 0 Å². The zero-order valence-electron chi connectivity index (χ0n) is 12.5. The van der Waals surface area contributed by atoms with Crippen LogP contribution in [0.3, 0.4) is 0 Å². The highest BCUT2D eigenvalue weighted by atomic mass is 16.3. The summed E-state index contributed by atoms with van der Waals surface area (Å²) in [7, 11) is 1.77. The number of carbonyl (C=O) groups excluding carboxylic acids is 1. The minimum absolute atomic E-state index is 0.141. The number of nitrogens with zero attached hydrogens (tertiary/aromatic N) is 2. The molecule has 0 aliphatic carbocycles. The Kier molecular flexibility index (Phi) is 5.54. The average Bonchev–Trinajstić information content (AvgIpc) is 2.71. The van der Waals surface area contributed by atoms with Gasteiger partial charge in [0.15, 0.2) is 0 Å². The van der Waals surface area contributed by atoms with Gasteiger partial charge in [0.25, 0.3) is 5.91 Å². The van der Waals surface area contributed by atoms with E-state index in [9.17, 15) is 9.90 Å². The van der Waals surface area contributed by atoms with Crippen LogP contribution >= 0.6 is 0 Å². The van der Waals surface area contributed by atoms with Crippen molar-refractivity contribution in [3.8, 4) is 0 Å². The summed E-state index contributed by atoms with van der Waals surface area (Å²) in [5.74, 6) is 0.370. The van der Waals surface area contributed by atoms with Crippen LogP contribution < -0.4 is 5.32 Å². The first-order chi connectivity index (χ1) is 8.82. The highest BCUT2D eigenvalue weighted by Gasteiger charge is 2.15. The number of hydrogen-bond acceptors (Lipinski definition) is 3. The fraction of sp³-hybridized carbons (Fsp3) is 0.714. The van der Waals surface area contributed by atoms with E-state index >= 15 is 0 Å². The molecule has 0 saturated carbocycles. The molecule has 0 spiro atoms. The van der Waals surface area contributed by atoms with Crippen LogP contribution in [0.25, 0.3) is 0 Å². The maximum absolute atomic E-state index is 12.0. The van der Waals surface area contributed by atoms with Gasteiger partial charge in [0.05, 0.1) is 11.8 Å². The maximum Gasteiger partial charge on any atom is 0.269 e. The SMILES string of the molecule is CC(C)c1cc(C(=O)NCCC(O)C(C)C)n(C)n1. The number of nitrogens with one attached hydrogen (secondary N) is 1. The molecule has 1 amide bonds. The van der Waals surface area contributed by atoms with Crippen LogP contribution in [0, 0.1) is 5.92 Å². The number of rotatable bonds is 6. The Labute approximate surface area is 115 Å². The molecule has 5 heteroatoms. The Bertz CT molecular complexity index is 424. The third-order valence-corrected chi connectivity index (χ3v) is 3.22. The molecule has 0 aliphatic rings. The monoisotopic (exact) mass is 267 g/mol. The molecular weight excluding hydrogens is 242 g/mol. The van der Waals surface area contributed by atoms with E-state index in [2.05, 4.69) is 10.4 Å². The van der Waals surface area contributed by atoms with Crippen LogP contribution in [0.5, 0.6) is 0 Å². The molecule has 0 saturated heterocycles. The summed E-state index contributed by atoms with van der Waals surface area (Å²) in [6.45, 7) is 8.48. The summed E-state index contributed by atoms with van der Waals surface area (Å²) in [6.07, 6.45) is 0.191. The van der Waals surface area contributed by atoms with Crippen molar-refractivity contribution in [3.63, 3.8) is 0 Å². The Morgan fingerprint density at radius 3 is 2.53 bits per heavy atom. The van der Waals surface area contributed by atoms with Crippen LogP contribution in [-0.4, -0.2) is 33.4 Å². The van der Waals surface area contributed by atoms with Gasteiger partial charge in [0.1, 0.15) is 5.69 Å². The zero-order chi connectivity index (χ0) is 14.6. The molecule has 0 fully saturated rings. The molecule has 5 nitrogen and oxygen atoms in total. The summed E-state index contributed by atoms with van der Waals surface area (Å²) in [5.41, 5.74) is 1.47. The van der Waals surface area contributed by atoms with Crippen molar-refractivity contribution < 1.29 is 9.90 Å². The lowest BCUT2D eigenvalue weighted by Gasteiger charge is -2.14. The zero-order valence-corrected chi connectivity index (χ0v) is 12.5. The molecule has 0 radical (unpaired) electrons. The normalized spacial score (nSPS) is 13.1. The lowest BCUT2D eigenvalue weighted by molar-refractivity contribution is 0.0911. The largest absolute Gasteiger partial charge is 0.393 e. The van der Waals surface area contributed by atoms with Crippen LogP contribution in [0.2, 0.25) is 0 Å². The van der Waals surface area contributed by atoms with Crippen molar-refractivity contribution in [2.75, 3.05) is 6.54 Å². The van der Waals surface area contributed by atoms with Crippen molar-refractivity contribution in [2.24, 2.45) is 13.0 Å². The third-order valence-electron chi connectivity index (χ3n) is 3.22. The predicted molar refractivity (Wildman–Crippen MR) is 75.1 cm³/mol. The molecule has 1 aromatic rings. The molecule has 0 bridgehead atoms. The van der Waals surface area contributed by atoms with Gasteiger partial charge in [0.2, 0.25) is 0 Å². The van der Waals surface area contributed by atoms with E-state index in [4.69, 9.17) is 0 Å². The molecule has 19 heavy (non-hydrogen) atoms. The van der Waals surface area contributed by atoms with E-state index in [-0.39, 0.29) is 17.9 Å². The van der Waals surface area contributed by atoms with Gasteiger partial charge >= 0.3 is 0 Å². The van der Waals surface area contributed by atoms with Gasteiger partial charge in [-0.3, -0.25) is 9.48 Å². The van der Waals surface area contributed by atoms with Crippen LogP contribution in [0.15, 0.2) is 6.07 Å². The average molecular weight is 267 g/mol. The molecule has 1 atom stereocenters. The first-order valence-electron chi connectivity index (χ1n) is 6.83. The predicted octanol–water partition coefficient (Wildman–Crippen LogP) is 1.68. The first-order valence-corrected chi connectivity index (χ1v) is 6.83. The van der Waals surface area contributed by atoms with Crippen LogP contribution in [-0.2, 0) is 7.05 Å². The molecule has 0 aromatic carbocycles. The third kappa shape index (κ3) is 4.35. The maximum atomic E-state index is 12.0. The standard InChI is InChI=1S/C14H25N3O2/c1-9(2)11-8-12(17(5)16-11)14(19)15-7-6-13(18)10(3)4/h8-10,13,18H,6-7H2,1-5H3,(H,15,19). The second kappa shape index (κ2) is 6.70. The summed E-state index contributed by atoms with van der Waals surface area (Å²) < 4.78 is 1.60. The summed E-state index contributed by atoms with van der Waals surface area (Å²) in [5, 5.41) is 16.8. The lowest BCUT2D eigenvalue weighted by Crippen LogP contribution is -2.30. The van der Waals surface area contributed by atoms with Gasteiger partial charge in [-0.05, 0) is 24.3 Å². The van der Waals surface area contributed by atoms with E-state index in [1.165, 1.54) is 0 Å². The van der Waals surface area contributed by atoms with E-state index in [1.54, 1.807) is 11.7 Å². The Morgan fingerprint density at radius 1 is 1.42 bits per heavy atom. The quantitative estimate of drug-likeness (QED) is 0.824. The minimum atomic E-state index is -0.377. The van der Waals surface area contributed by atoms with Crippen molar-refractivity contribution >= 4 is 5.91 Å². The number of aromatic nitrogens is 2. The van der Waals surface area contributed by atoms with E-state index in [1.807, 2.05) is 33.8 Å². The molecule has 0 aliphatic heterocycles. The molecule has 108 valence electrons. The number of carbonyl (C=O) groups is 1. The summed E-state index contributed by atoms with van der Waals surface area (Å²) >= 11 is 0. The number of aliphatic hydroxyl groups is 1. The van der Waals surface area contributed by atoms with E-state index in [0.29, 0.717) is 24.6 Å². The van der Waals surface area contributed by atoms with Gasteiger partial charge in [-0.2, -0.15) is 5.10 Å². The van der Waals surface area contributed by atoms with E-state index < -0.39 is 0 Å². The first kappa shape index (κ1) is 15.7. The highest BCUT2D eigenvalue weighted by molar-refractivity contribution is 5.92. The van der Waals surface area contributed by atoms with Gasteiger partial charge in [0, 0.05) is 13.6 Å². The van der Waals surface area contributed by atoms with Gasteiger partial charge in [-0.1, -0.05) is 27.7 Å². The topological polar surface area (TPSA) is 67.2 Å². The number of aryl methyl sites for hydroxylation is 1. The lowest BCUT2D eigenvalue weighted by atomic mass is 10.0. The Balaban J connectivity index is 2.54. The fourth-order valence-corrected chi connectivity index (χ4v) is 1.74. The van der Waals surface area contributed by atoms with Crippen LogP contribution in [0.4, 0.5) is 0 Å². The Morgan fingerprint density at radius 2 is 2.05 bits per heavy atom. The van der Waals surface area contributed by atoms with Gasteiger partial charge in [-0.25, -0.2) is 0 Å². The molecule has 1 heterocycles.